The summed E-state index contributed by atoms with van der Waals surface area (Å²) in [4.78, 5) is 13.5. The summed E-state index contributed by atoms with van der Waals surface area (Å²) < 4.78 is 2.51. The van der Waals surface area contributed by atoms with Gasteiger partial charge in [0.15, 0.2) is 5.65 Å². The quantitative estimate of drug-likeness (QED) is 0.353. The number of fused-ring (bicyclic) bond motifs is 1. The fourth-order valence-electron chi connectivity index (χ4n) is 2.85. The highest BCUT2D eigenvalue weighted by atomic mass is 79.9. The van der Waals surface area contributed by atoms with E-state index in [1.54, 1.807) is 16.9 Å². The van der Waals surface area contributed by atoms with Crippen LogP contribution in [0.2, 0.25) is 0 Å². The molecule has 0 aliphatic heterocycles. The molecule has 0 spiro atoms. The van der Waals surface area contributed by atoms with Gasteiger partial charge in [-0.1, -0.05) is 30.3 Å². The first-order chi connectivity index (χ1) is 14.2. The van der Waals surface area contributed by atoms with E-state index in [-0.39, 0.29) is 0 Å². The Morgan fingerprint density at radius 2 is 1.86 bits per heavy atom. The second-order valence-electron chi connectivity index (χ2n) is 6.39. The number of likely N-dealkylation sites (N-methyl/N-ethyl adjacent to an activating group) is 1. The summed E-state index contributed by atoms with van der Waals surface area (Å²) in [6, 6.07) is 14.2. The predicted octanol–water partition coefficient (Wildman–Crippen LogP) is 3.19. The fraction of sp³-hybridized carbons (Fsp3) is 0.200. The lowest BCUT2D eigenvalue weighted by Crippen LogP contribution is -2.19. The Hall–Kier alpha value is -3.04. The maximum absolute atomic E-state index is 4.57. The highest BCUT2D eigenvalue weighted by Gasteiger charge is 2.11. The fourth-order valence-corrected chi connectivity index (χ4v) is 3.20. The van der Waals surface area contributed by atoms with Crippen LogP contribution >= 0.6 is 15.9 Å². The largest absolute Gasteiger partial charge is 0.353 e. The van der Waals surface area contributed by atoms with Gasteiger partial charge in [0, 0.05) is 31.4 Å². The van der Waals surface area contributed by atoms with Crippen molar-refractivity contribution in [3.8, 4) is 11.3 Å². The first-order valence-electron chi connectivity index (χ1n) is 9.28. The maximum Gasteiger partial charge on any atom is 0.229 e. The molecule has 0 saturated heterocycles. The lowest BCUT2D eigenvalue weighted by atomic mass is 10.1. The van der Waals surface area contributed by atoms with Crippen molar-refractivity contribution in [2.45, 2.75) is 6.54 Å². The van der Waals surface area contributed by atoms with Crippen LogP contribution in [-0.2, 0) is 6.54 Å². The molecule has 0 atom stereocenters. The van der Waals surface area contributed by atoms with E-state index in [1.807, 2.05) is 25.2 Å². The highest BCUT2D eigenvalue weighted by Crippen LogP contribution is 2.21. The van der Waals surface area contributed by atoms with Gasteiger partial charge >= 0.3 is 0 Å². The van der Waals surface area contributed by atoms with Crippen LogP contribution in [0.1, 0.15) is 5.56 Å². The highest BCUT2D eigenvalue weighted by molar-refractivity contribution is 9.10. The zero-order chi connectivity index (χ0) is 20.1. The van der Waals surface area contributed by atoms with Gasteiger partial charge < -0.3 is 16.0 Å². The van der Waals surface area contributed by atoms with E-state index in [0.717, 1.165) is 34.4 Å². The molecule has 8 nitrogen and oxygen atoms in total. The summed E-state index contributed by atoms with van der Waals surface area (Å²) in [5.41, 5.74) is 3.89. The molecule has 0 radical (unpaired) electrons. The van der Waals surface area contributed by atoms with E-state index in [9.17, 15) is 0 Å². The Morgan fingerprint density at radius 1 is 1.00 bits per heavy atom. The van der Waals surface area contributed by atoms with E-state index in [4.69, 9.17) is 0 Å². The Balaban J connectivity index is 1.51. The van der Waals surface area contributed by atoms with E-state index in [2.05, 4.69) is 76.2 Å². The molecule has 0 saturated carbocycles. The SMILES string of the molecule is CNCCNc1nc(NCc2ccc(-c3ccccn3)cc2)n2ncc(Br)c2n1. The van der Waals surface area contributed by atoms with Gasteiger partial charge in [-0.25, -0.2) is 0 Å². The number of halogens is 1. The summed E-state index contributed by atoms with van der Waals surface area (Å²) in [5.74, 6) is 1.18. The zero-order valence-corrected chi connectivity index (χ0v) is 17.5. The van der Waals surface area contributed by atoms with Gasteiger partial charge in [0.05, 0.1) is 16.4 Å². The summed E-state index contributed by atoms with van der Waals surface area (Å²) in [6.07, 6.45) is 3.52. The number of aromatic nitrogens is 5. The molecule has 1 aromatic carbocycles. The van der Waals surface area contributed by atoms with Crippen LogP contribution in [0.4, 0.5) is 11.9 Å². The van der Waals surface area contributed by atoms with Crippen molar-refractivity contribution >= 4 is 33.5 Å². The van der Waals surface area contributed by atoms with Crippen molar-refractivity contribution in [1.82, 2.24) is 29.9 Å². The van der Waals surface area contributed by atoms with Crippen LogP contribution < -0.4 is 16.0 Å². The number of nitrogens with zero attached hydrogens (tertiary/aromatic N) is 5. The summed E-state index contributed by atoms with van der Waals surface area (Å²) in [7, 11) is 1.91. The van der Waals surface area contributed by atoms with Crippen LogP contribution in [0.25, 0.3) is 16.9 Å². The molecule has 3 aromatic heterocycles. The number of benzene rings is 1. The molecule has 3 N–H and O–H groups in total. The molecule has 0 unspecified atom stereocenters. The van der Waals surface area contributed by atoms with Gasteiger partial charge in [-0.05, 0) is 40.7 Å². The van der Waals surface area contributed by atoms with Gasteiger partial charge in [0.2, 0.25) is 11.9 Å². The third kappa shape index (κ3) is 4.52. The van der Waals surface area contributed by atoms with Crippen LogP contribution in [0.5, 0.6) is 0 Å². The maximum atomic E-state index is 4.57. The smallest absolute Gasteiger partial charge is 0.229 e. The lowest BCUT2D eigenvalue weighted by Gasteiger charge is -2.11. The molecule has 148 valence electrons. The Labute approximate surface area is 176 Å². The molecule has 0 amide bonds. The Bertz CT molecular complexity index is 1080. The standard InChI is InChI=1S/C20H21BrN8/c1-22-10-11-24-19-27-18-16(21)13-26-29(18)20(28-19)25-12-14-5-7-15(8-6-14)17-4-2-3-9-23-17/h2-9,13,22H,10-12H2,1H3,(H2,24,25,27,28). The van der Waals surface area contributed by atoms with Gasteiger partial charge in [-0.15, -0.1) is 0 Å². The van der Waals surface area contributed by atoms with Crippen molar-refractivity contribution in [1.29, 1.82) is 0 Å². The second-order valence-corrected chi connectivity index (χ2v) is 7.25. The zero-order valence-electron chi connectivity index (χ0n) is 15.9. The van der Waals surface area contributed by atoms with Crippen molar-refractivity contribution in [2.75, 3.05) is 30.8 Å². The lowest BCUT2D eigenvalue weighted by molar-refractivity contribution is 0.812. The van der Waals surface area contributed by atoms with Gasteiger partial charge in [-0.3, -0.25) is 4.98 Å². The number of hydrogen-bond acceptors (Lipinski definition) is 7. The molecular formula is C20H21BrN8. The molecule has 4 rings (SSSR count). The minimum Gasteiger partial charge on any atom is -0.353 e. The topological polar surface area (TPSA) is 92.1 Å². The van der Waals surface area contributed by atoms with Crippen LogP contribution in [-0.4, -0.2) is 44.7 Å². The third-order valence-electron chi connectivity index (χ3n) is 4.35. The van der Waals surface area contributed by atoms with Crippen molar-refractivity contribution in [3.05, 3.63) is 64.9 Å². The molecule has 0 bridgehead atoms. The van der Waals surface area contributed by atoms with Crippen molar-refractivity contribution in [2.24, 2.45) is 0 Å². The minimum absolute atomic E-state index is 0.557. The second kappa shape index (κ2) is 8.97. The molecule has 3 heterocycles. The molecule has 9 heteroatoms. The Kier molecular flexibility index (Phi) is 5.97. The number of anilines is 2. The monoisotopic (exact) mass is 452 g/mol. The summed E-state index contributed by atoms with van der Waals surface area (Å²) >= 11 is 3.50. The van der Waals surface area contributed by atoms with E-state index >= 15 is 0 Å². The summed E-state index contributed by atoms with van der Waals surface area (Å²) in [6.45, 7) is 2.16. The van der Waals surface area contributed by atoms with Crippen LogP contribution in [0.3, 0.4) is 0 Å². The number of pyridine rings is 1. The number of rotatable bonds is 8. The van der Waals surface area contributed by atoms with E-state index in [0.29, 0.717) is 24.1 Å². The molecule has 0 fully saturated rings. The number of nitrogens with one attached hydrogen (secondary N) is 3. The molecule has 4 aromatic rings. The first kappa shape index (κ1) is 19.3. The number of hydrogen-bond donors (Lipinski definition) is 3. The van der Waals surface area contributed by atoms with Crippen LogP contribution in [0, 0.1) is 0 Å². The van der Waals surface area contributed by atoms with E-state index in [1.165, 1.54) is 0 Å². The van der Waals surface area contributed by atoms with Crippen molar-refractivity contribution < 1.29 is 0 Å². The Morgan fingerprint density at radius 3 is 2.62 bits per heavy atom. The first-order valence-corrected chi connectivity index (χ1v) is 10.1. The van der Waals surface area contributed by atoms with Gasteiger partial charge in [0.25, 0.3) is 0 Å². The average Bonchev–Trinajstić information content (AvgIpc) is 3.14. The van der Waals surface area contributed by atoms with Gasteiger partial charge in [0.1, 0.15) is 0 Å². The molecule has 0 aliphatic rings. The van der Waals surface area contributed by atoms with E-state index < -0.39 is 0 Å². The minimum atomic E-state index is 0.557. The molecular weight excluding hydrogens is 432 g/mol. The normalized spacial score (nSPS) is 11.0. The molecule has 29 heavy (non-hydrogen) atoms. The van der Waals surface area contributed by atoms with Gasteiger partial charge in [-0.2, -0.15) is 19.6 Å². The van der Waals surface area contributed by atoms with Crippen LogP contribution in [0.15, 0.2) is 59.3 Å². The third-order valence-corrected chi connectivity index (χ3v) is 4.91. The molecule has 0 aliphatic carbocycles. The average molecular weight is 453 g/mol. The summed E-state index contributed by atoms with van der Waals surface area (Å²) in [5, 5.41) is 14.0. The van der Waals surface area contributed by atoms with Crippen molar-refractivity contribution in [3.63, 3.8) is 0 Å². The predicted molar refractivity (Wildman–Crippen MR) is 118 cm³/mol.